The van der Waals surface area contributed by atoms with Gasteiger partial charge in [-0.15, -0.1) is 0 Å². The summed E-state index contributed by atoms with van der Waals surface area (Å²) in [5, 5.41) is 3.36. The van der Waals surface area contributed by atoms with Crippen LogP contribution in [-0.4, -0.2) is 37.0 Å². The van der Waals surface area contributed by atoms with Crippen LogP contribution in [0.3, 0.4) is 0 Å². The number of amides is 1. The third-order valence-electron chi connectivity index (χ3n) is 4.58. The first-order valence-electron chi connectivity index (χ1n) is 7.57. The molecule has 2 aliphatic rings. The Bertz CT molecular complexity index is 384. The van der Waals surface area contributed by atoms with E-state index in [9.17, 15) is 4.79 Å². The summed E-state index contributed by atoms with van der Waals surface area (Å²) in [6, 6.07) is 0.905. The molecule has 0 unspecified atom stereocenters. The van der Waals surface area contributed by atoms with Crippen molar-refractivity contribution in [3.63, 3.8) is 0 Å². The number of hydrogen-bond acceptors (Lipinski definition) is 3. The summed E-state index contributed by atoms with van der Waals surface area (Å²) in [4.78, 5) is 13.2. The molecule has 1 aliphatic carbocycles. The minimum absolute atomic E-state index is 0.226. The van der Waals surface area contributed by atoms with E-state index in [0.717, 1.165) is 24.4 Å². The van der Waals surface area contributed by atoms with Gasteiger partial charge in [-0.3, -0.25) is 4.79 Å². The summed E-state index contributed by atoms with van der Waals surface area (Å²) in [5.41, 5.74) is 0.932. The van der Waals surface area contributed by atoms with Crippen LogP contribution in [0.15, 0.2) is 24.1 Å². The fourth-order valence-electron chi connectivity index (χ4n) is 3.32. The fraction of sp³-hybridized carbons (Fsp3) is 0.688. The maximum atomic E-state index is 11.4. The smallest absolute Gasteiger partial charge is 0.214 e. The first kappa shape index (κ1) is 15.1. The molecule has 1 saturated carbocycles. The summed E-state index contributed by atoms with van der Waals surface area (Å²) in [5.74, 6) is 1.37. The number of allylic oxidation sites excluding steroid dienone is 1. The molecule has 1 amide bonds. The minimum atomic E-state index is 0.226. The standard InChI is InChI=1S/C16H26N2O2/c1-12(8-14-4-6-15(17-3)7-5-14)18(11-19)16-9-13(2)20-10-16/h9,11-12,14-15,17H,2,4-8,10H2,1,3H3/t12-,14?,15?/m0/s1. The van der Waals surface area contributed by atoms with E-state index in [-0.39, 0.29) is 6.04 Å². The quantitative estimate of drug-likeness (QED) is 0.759. The van der Waals surface area contributed by atoms with E-state index < -0.39 is 0 Å². The second kappa shape index (κ2) is 6.93. The van der Waals surface area contributed by atoms with Crippen molar-refractivity contribution in [1.82, 2.24) is 10.2 Å². The topological polar surface area (TPSA) is 41.6 Å². The molecule has 0 spiro atoms. The molecule has 20 heavy (non-hydrogen) atoms. The summed E-state index contributed by atoms with van der Waals surface area (Å²) >= 11 is 0. The number of nitrogens with one attached hydrogen (secondary N) is 1. The SMILES string of the molecule is C=C1C=C(N(C=O)[C@@H](C)CC2CCC(NC)CC2)CO1. The van der Waals surface area contributed by atoms with Gasteiger partial charge in [0.1, 0.15) is 12.4 Å². The summed E-state index contributed by atoms with van der Waals surface area (Å²) in [7, 11) is 2.04. The van der Waals surface area contributed by atoms with Crippen molar-refractivity contribution in [2.75, 3.05) is 13.7 Å². The van der Waals surface area contributed by atoms with E-state index in [1.165, 1.54) is 25.7 Å². The summed E-state index contributed by atoms with van der Waals surface area (Å²) in [6.07, 6.45) is 8.87. The molecule has 112 valence electrons. The third-order valence-corrected chi connectivity index (χ3v) is 4.58. The van der Waals surface area contributed by atoms with Crippen molar-refractivity contribution in [2.24, 2.45) is 5.92 Å². The average Bonchev–Trinajstić information content (AvgIpc) is 2.87. The molecular formula is C16H26N2O2. The van der Waals surface area contributed by atoms with Crippen molar-refractivity contribution in [3.05, 3.63) is 24.1 Å². The molecule has 1 N–H and O–H groups in total. The maximum absolute atomic E-state index is 11.4. The largest absolute Gasteiger partial charge is 0.488 e. The highest BCUT2D eigenvalue weighted by molar-refractivity contribution is 5.53. The highest BCUT2D eigenvalue weighted by Crippen LogP contribution is 2.30. The minimum Gasteiger partial charge on any atom is -0.488 e. The molecule has 0 aromatic heterocycles. The predicted octanol–water partition coefficient (Wildman–Crippen LogP) is 2.43. The Morgan fingerprint density at radius 1 is 1.50 bits per heavy atom. The van der Waals surface area contributed by atoms with Crippen LogP contribution in [0.5, 0.6) is 0 Å². The van der Waals surface area contributed by atoms with Gasteiger partial charge in [0.15, 0.2) is 0 Å². The van der Waals surface area contributed by atoms with Gasteiger partial charge in [0.05, 0.1) is 5.70 Å². The van der Waals surface area contributed by atoms with Crippen molar-refractivity contribution >= 4 is 6.41 Å². The number of carbonyl (C=O) groups excluding carboxylic acids is 1. The van der Waals surface area contributed by atoms with Crippen molar-refractivity contribution in [3.8, 4) is 0 Å². The third kappa shape index (κ3) is 3.63. The van der Waals surface area contributed by atoms with E-state index in [4.69, 9.17) is 4.74 Å². The Labute approximate surface area is 121 Å². The Balaban J connectivity index is 1.87. The molecule has 0 bridgehead atoms. The Kier molecular flexibility index (Phi) is 5.24. The molecule has 1 heterocycles. The normalized spacial score (nSPS) is 27.7. The molecule has 1 atom stereocenters. The molecule has 1 aliphatic heterocycles. The van der Waals surface area contributed by atoms with Gasteiger partial charge in [-0.05, 0) is 52.0 Å². The number of carbonyl (C=O) groups is 1. The second-order valence-corrected chi connectivity index (χ2v) is 5.99. The molecule has 4 heteroatoms. The van der Waals surface area contributed by atoms with E-state index in [1.807, 2.05) is 18.0 Å². The van der Waals surface area contributed by atoms with E-state index in [2.05, 4.69) is 18.8 Å². The highest BCUT2D eigenvalue weighted by Gasteiger charge is 2.26. The number of nitrogens with zero attached hydrogens (tertiary/aromatic N) is 1. The zero-order valence-electron chi connectivity index (χ0n) is 12.6. The molecule has 4 nitrogen and oxygen atoms in total. The number of rotatable bonds is 6. The van der Waals surface area contributed by atoms with Crippen LogP contribution in [0, 0.1) is 5.92 Å². The fourth-order valence-corrected chi connectivity index (χ4v) is 3.32. The van der Waals surface area contributed by atoms with E-state index in [0.29, 0.717) is 18.4 Å². The van der Waals surface area contributed by atoms with Crippen LogP contribution in [-0.2, 0) is 9.53 Å². The Morgan fingerprint density at radius 3 is 2.70 bits per heavy atom. The van der Waals surface area contributed by atoms with Crippen LogP contribution in [0.1, 0.15) is 39.0 Å². The van der Waals surface area contributed by atoms with Crippen molar-refractivity contribution in [2.45, 2.75) is 51.1 Å². The van der Waals surface area contributed by atoms with Gasteiger partial charge in [-0.25, -0.2) is 0 Å². The van der Waals surface area contributed by atoms with E-state index >= 15 is 0 Å². The second-order valence-electron chi connectivity index (χ2n) is 5.99. The van der Waals surface area contributed by atoms with Crippen LogP contribution >= 0.6 is 0 Å². The molecule has 0 radical (unpaired) electrons. The number of hydrogen-bond donors (Lipinski definition) is 1. The molecule has 0 saturated heterocycles. The summed E-state index contributed by atoms with van der Waals surface area (Å²) < 4.78 is 5.32. The van der Waals surface area contributed by atoms with Crippen LogP contribution in [0.25, 0.3) is 0 Å². The molecule has 0 aromatic rings. The first-order chi connectivity index (χ1) is 9.63. The van der Waals surface area contributed by atoms with Crippen molar-refractivity contribution in [1.29, 1.82) is 0 Å². The summed E-state index contributed by atoms with van der Waals surface area (Å²) in [6.45, 7) is 6.36. The lowest BCUT2D eigenvalue weighted by molar-refractivity contribution is -0.118. The van der Waals surface area contributed by atoms with Crippen molar-refractivity contribution < 1.29 is 9.53 Å². The molecular weight excluding hydrogens is 252 g/mol. The lowest BCUT2D eigenvalue weighted by Crippen LogP contribution is -2.36. The Morgan fingerprint density at radius 2 is 2.20 bits per heavy atom. The highest BCUT2D eigenvalue weighted by atomic mass is 16.5. The molecule has 1 fully saturated rings. The Hall–Kier alpha value is -1.29. The van der Waals surface area contributed by atoms with Gasteiger partial charge in [0, 0.05) is 18.2 Å². The van der Waals surface area contributed by atoms with Crippen LogP contribution in [0.2, 0.25) is 0 Å². The first-order valence-corrected chi connectivity index (χ1v) is 7.57. The van der Waals surface area contributed by atoms with Gasteiger partial charge in [0.2, 0.25) is 6.41 Å². The lowest BCUT2D eigenvalue weighted by Gasteiger charge is -2.33. The van der Waals surface area contributed by atoms with Gasteiger partial charge in [-0.1, -0.05) is 6.58 Å². The average molecular weight is 278 g/mol. The zero-order valence-corrected chi connectivity index (χ0v) is 12.6. The van der Waals surface area contributed by atoms with Gasteiger partial charge < -0.3 is 15.0 Å². The monoisotopic (exact) mass is 278 g/mol. The predicted molar refractivity (Wildman–Crippen MR) is 80.0 cm³/mol. The van der Waals surface area contributed by atoms with Gasteiger partial charge >= 0.3 is 0 Å². The van der Waals surface area contributed by atoms with Crippen LogP contribution in [0.4, 0.5) is 0 Å². The van der Waals surface area contributed by atoms with Gasteiger partial charge in [-0.2, -0.15) is 0 Å². The van der Waals surface area contributed by atoms with E-state index in [1.54, 1.807) is 0 Å². The molecule has 0 aromatic carbocycles. The number of ether oxygens (including phenoxy) is 1. The van der Waals surface area contributed by atoms with Crippen LogP contribution < -0.4 is 5.32 Å². The molecule has 2 rings (SSSR count). The maximum Gasteiger partial charge on any atom is 0.214 e. The zero-order chi connectivity index (χ0) is 14.5. The van der Waals surface area contributed by atoms with Gasteiger partial charge in [0.25, 0.3) is 0 Å². The lowest BCUT2D eigenvalue weighted by atomic mass is 9.82.